The fourth-order valence-corrected chi connectivity index (χ4v) is 2.44. The summed E-state index contributed by atoms with van der Waals surface area (Å²) < 4.78 is 23.7. The molecule has 1 aliphatic carbocycles. The van der Waals surface area contributed by atoms with Gasteiger partial charge in [-0.25, -0.2) is 8.42 Å². The minimum atomic E-state index is -3.43. The summed E-state index contributed by atoms with van der Waals surface area (Å²) in [5.74, 6) is -0.494. The number of amides is 1. The number of nitrogens with two attached hydrogens (primary N) is 1. The maximum Gasteiger partial charge on any atom is 0.236 e. The van der Waals surface area contributed by atoms with Crippen LogP contribution in [-0.4, -0.2) is 27.1 Å². The quantitative estimate of drug-likeness (QED) is 0.667. The standard InChI is InChI=1S/C8H16N2O3S/c1-14(12,13)10-8(11)7-4-2-3-6(7)5-9/h6-7H,2-5,9H2,1H3,(H,10,11). The SMILES string of the molecule is CS(=O)(=O)NC(=O)C1CCCC1CN. The lowest BCUT2D eigenvalue weighted by molar-refractivity contribution is -0.124. The summed E-state index contributed by atoms with van der Waals surface area (Å²) in [5, 5.41) is 0. The Bertz CT molecular complexity index is 313. The highest BCUT2D eigenvalue weighted by Gasteiger charge is 2.32. The van der Waals surface area contributed by atoms with Gasteiger partial charge >= 0.3 is 0 Å². The molecule has 0 aromatic rings. The van der Waals surface area contributed by atoms with Gasteiger partial charge < -0.3 is 5.73 Å². The van der Waals surface area contributed by atoms with Crippen LogP contribution in [0.4, 0.5) is 0 Å². The van der Waals surface area contributed by atoms with Crippen LogP contribution in [-0.2, 0) is 14.8 Å². The molecule has 0 bridgehead atoms. The maximum atomic E-state index is 11.5. The van der Waals surface area contributed by atoms with E-state index in [1.165, 1.54) is 0 Å². The van der Waals surface area contributed by atoms with E-state index in [1.807, 2.05) is 4.72 Å². The Morgan fingerprint density at radius 3 is 2.64 bits per heavy atom. The van der Waals surface area contributed by atoms with Gasteiger partial charge in [-0.3, -0.25) is 9.52 Å². The molecule has 82 valence electrons. The lowest BCUT2D eigenvalue weighted by Crippen LogP contribution is -2.38. The van der Waals surface area contributed by atoms with E-state index in [2.05, 4.69) is 0 Å². The third-order valence-electron chi connectivity index (χ3n) is 2.58. The Morgan fingerprint density at radius 2 is 2.14 bits per heavy atom. The van der Waals surface area contributed by atoms with Crippen molar-refractivity contribution in [3.05, 3.63) is 0 Å². The fraction of sp³-hybridized carbons (Fsp3) is 0.875. The molecule has 1 rings (SSSR count). The topological polar surface area (TPSA) is 89.3 Å². The Hall–Kier alpha value is -0.620. The van der Waals surface area contributed by atoms with Crippen LogP contribution in [0.1, 0.15) is 19.3 Å². The third kappa shape index (κ3) is 2.95. The van der Waals surface area contributed by atoms with E-state index in [0.29, 0.717) is 6.54 Å². The van der Waals surface area contributed by atoms with Gasteiger partial charge in [0.25, 0.3) is 0 Å². The van der Waals surface area contributed by atoms with E-state index in [4.69, 9.17) is 5.73 Å². The Balaban J connectivity index is 2.60. The number of sulfonamides is 1. The molecule has 3 N–H and O–H groups in total. The second kappa shape index (κ2) is 4.27. The first-order valence-electron chi connectivity index (χ1n) is 4.65. The van der Waals surface area contributed by atoms with Crippen molar-refractivity contribution in [2.45, 2.75) is 19.3 Å². The molecule has 6 heteroatoms. The van der Waals surface area contributed by atoms with E-state index >= 15 is 0 Å². The normalized spacial score (nSPS) is 27.6. The number of carbonyl (C=O) groups excluding carboxylic acids is 1. The van der Waals surface area contributed by atoms with Crippen LogP contribution in [0.2, 0.25) is 0 Å². The summed E-state index contributed by atoms with van der Waals surface area (Å²) in [6.45, 7) is 0.446. The van der Waals surface area contributed by atoms with Crippen LogP contribution in [0, 0.1) is 11.8 Å². The zero-order valence-corrected chi connectivity index (χ0v) is 9.01. The summed E-state index contributed by atoms with van der Waals surface area (Å²) in [7, 11) is -3.43. The molecule has 0 heterocycles. The van der Waals surface area contributed by atoms with Crippen LogP contribution in [0.3, 0.4) is 0 Å². The molecular formula is C8H16N2O3S. The van der Waals surface area contributed by atoms with Gasteiger partial charge in [0.15, 0.2) is 0 Å². The molecule has 14 heavy (non-hydrogen) atoms. The molecule has 2 atom stereocenters. The lowest BCUT2D eigenvalue weighted by Gasteiger charge is -2.16. The Morgan fingerprint density at radius 1 is 1.50 bits per heavy atom. The van der Waals surface area contributed by atoms with Gasteiger partial charge in [-0.15, -0.1) is 0 Å². The van der Waals surface area contributed by atoms with Crippen LogP contribution in [0.25, 0.3) is 0 Å². The average molecular weight is 220 g/mol. The summed E-state index contributed by atoms with van der Waals surface area (Å²) in [6.07, 6.45) is 3.59. The zero-order valence-electron chi connectivity index (χ0n) is 8.19. The molecule has 0 aromatic heterocycles. The number of hydrogen-bond acceptors (Lipinski definition) is 4. The van der Waals surface area contributed by atoms with Crippen molar-refractivity contribution in [2.24, 2.45) is 17.6 Å². The van der Waals surface area contributed by atoms with Crippen LogP contribution >= 0.6 is 0 Å². The van der Waals surface area contributed by atoms with Crippen molar-refractivity contribution < 1.29 is 13.2 Å². The molecule has 1 aliphatic rings. The summed E-state index contributed by atoms with van der Waals surface area (Å²) in [5.41, 5.74) is 5.50. The van der Waals surface area contributed by atoms with Gasteiger partial charge in [0, 0.05) is 5.92 Å². The van der Waals surface area contributed by atoms with Gasteiger partial charge in [-0.05, 0) is 25.3 Å². The van der Waals surface area contributed by atoms with Crippen LogP contribution in [0.15, 0.2) is 0 Å². The number of rotatable bonds is 3. The summed E-state index contributed by atoms with van der Waals surface area (Å²) in [4.78, 5) is 11.5. The second-order valence-corrected chi connectivity index (χ2v) is 5.52. The van der Waals surface area contributed by atoms with E-state index in [-0.39, 0.29) is 11.8 Å². The molecule has 5 nitrogen and oxygen atoms in total. The summed E-state index contributed by atoms with van der Waals surface area (Å²) in [6, 6.07) is 0. The smallest absolute Gasteiger partial charge is 0.236 e. The molecule has 0 spiro atoms. The van der Waals surface area contributed by atoms with Crippen molar-refractivity contribution in [3.63, 3.8) is 0 Å². The Labute approximate surface area is 84.1 Å². The first kappa shape index (κ1) is 11.5. The molecule has 0 aliphatic heterocycles. The number of nitrogens with one attached hydrogen (secondary N) is 1. The van der Waals surface area contributed by atoms with E-state index in [0.717, 1.165) is 25.5 Å². The number of carbonyl (C=O) groups is 1. The predicted octanol–water partition coefficient (Wildman–Crippen LogP) is -0.563. The van der Waals surface area contributed by atoms with Crippen molar-refractivity contribution >= 4 is 15.9 Å². The molecular weight excluding hydrogens is 204 g/mol. The van der Waals surface area contributed by atoms with Crippen molar-refractivity contribution in [1.29, 1.82) is 0 Å². The first-order valence-corrected chi connectivity index (χ1v) is 6.55. The highest BCUT2D eigenvalue weighted by atomic mass is 32.2. The molecule has 2 unspecified atom stereocenters. The van der Waals surface area contributed by atoms with Crippen molar-refractivity contribution in [2.75, 3.05) is 12.8 Å². The van der Waals surface area contributed by atoms with E-state index in [1.54, 1.807) is 0 Å². The highest BCUT2D eigenvalue weighted by Crippen LogP contribution is 2.30. The Kier molecular flexibility index (Phi) is 3.49. The lowest BCUT2D eigenvalue weighted by atomic mass is 9.96. The van der Waals surface area contributed by atoms with E-state index in [9.17, 15) is 13.2 Å². The molecule has 0 radical (unpaired) electrons. The molecule has 1 amide bonds. The first-order chi connectivity index (χ1) is 6.44. The minimum absolute atomic E-state index is 0.136. The number of hydrogen-bond donors (Lipinski definition) is 2. The molecule has 0 saturated heterocycles. The van der Waals surface area contributed by atoms with Gasteiger partial charge in [0.2, 0.25) is 15.9 Å². The zero-order chi connectivity index (χ0) is 10.8. The predicted molar refractivity (Wildman–Crippen MR) is 52.9 cm³/mol. The fourth-order valence-electron chi connectivity index (χ4n) is 1.92. The average Bonchev–Trinajstić information content (AvgIpc) is 2.47. The minimum Gasteiger partial charge on any atom is -0.330 e. The molecule has 1 saturated carbocycles. The van der Waals surface area contributed by atoms with Gasteiger partial charge in [0.05, 0.1) is 6.26 Å². The highest BCUT2D eigenvalue weighted by molar-refractivity contribution is 7.89. The van der Waals surface area contributed by atoms with Crippen LogP contribution < -0.4 is 10.5 Å². The molecule has 0 aromatic carbocycles. The second-order valence-electron chi connectivity index (χ2n) is 3.77. The van der Waals surface area contributed by atoms with Crippen molar-refractivity contribution in [3.8, 4) is 0 Å². The van der Waals surface area contributed by atoms with Crippen molar-refractivity contribution in [1.82, 2.24) is 4.72 Å². The largest absolute Gasteiger partial charge is 0.330 e. The third-order valence-corrected chi connectivity index (χ3v) is 3.16. The van der Waals surface area contributed by atoms with Gasteiger partial charge in [-0.1, -0.05) is 6.42 Å². The van der Waals surface area contributed by atoms with Gasteiger partial charge in [0.1, 0.15) is 0 Å². The maximum absolute atomic E-state index is 11.5. The van der Waals surface area contributed by atoms with E-state index < -0.39 is 15.9 Å². The van der Waals surface area contributed by atoms with Gasteiger partial charge in [-0.2, -0.15) is 0 Å². The summed E-state index contributed by atoms with van der Waals surface area (Å²) >= 11 is 0. The molecule has 1 fully saturated rings. The monoisotopic (exact) mass is 220 g/mol. The van der Waals surface area contributed by atoms with Crippen LogP contribution in [0.5, 0.6) is 0 Å².